The van der Waals surface area contributed by atoms with E-state index in [9.17, 15) is 19.7 Å². The van der Waals surface area contributed by atoms with Crippen LogP contribution in [0.15, 0.2) is 36.4 Å². The smallest absolute Gasteiger partial charge is 0.270 e. The molecular weight excluding hydrogens is 426 g/mol. The van der Waals surface area contributed by atoms with Gasteiger partial charge in [0.25, 0.3) is 17.5 Å². The molecule has 1 heterocycles. The first kappa shape index (κ1) is 24.2. The molecule has 1 N–H and O–H groups in total. The number of rotatable bonds is 11. The summed E-state index contributed by atoms with van der Waals surface area (Å²) in [6.07, 6.45) is 2.30. The molecule has 9 nitrogen and oxygen atoms in total. The number of nitrogens with zero attached hydrogens (tertiary/aromatic N) is 2. The molecule has 0 bridgehead atoms. The van der Waals surface area contributed by atoms with E-state index in [4.69, 9.17) is 9.47 Å². The van der Waals surface area contributed by atoms with E-state index in [1.54, 1.807) is 20.3 Å². The van der Waals surface area contributed by atoms with E-state index in [1.807, 2.05) is 26.0 Å². The van der Waals surface area contributed by atoms with E-state index in [0.29, 0.717) is 24.3 Å². The van der Waals surface area contributed by atoms with Crippen LogP contribution < -0.4 is 14.8 Å². The molecule has 9 heteroatoms. The minimum atomic E-state index is -0.586. The number of carbonyl (C=O) groups is 2. The molecular formula is C24H29N3O6. The van der Waals surface area contributed by atoms with E-state index in [0.717, 1.165) is 18.4 Å². The fourth-order valence-electron chi connectivity index (χ4n) is 4.17. The fraction of sp³-hybridized carbons (Fsp3) is 0.417. The third-order valence-corrected chi connectivity index (χ3v) is 5.87. The van der Waals surface area contributed by atoms with Gasteiger partial charge in [-0.15, -0.1) is 0 Å². The lowest BCUT2D eigenvalue weighted by Gasteiger charge is -2.32. The highest BCUT2D eigenvalue weighted by molar-refractivity contribution is 6.21. The zero-order valence-corrected chi connectivity index (χ0v) is 19.3. The summed E-state index contributed by atoms with van der Waals surface area (Å²) in [5.41, 5.74) is 0.876. The second-order valence-corrected chi connectivity index (χ2v) is 7.84. The number of para-hydroxylation sites is 1. The largest absolute Gasteiger partial charge is 0.493 e. The van der Waals surface area contributed by atoms with Crippen LogP contribution in [-0.2, 0) is 0 Å². The molecule has 0 aromatic heterocycles. The van der Waals surface area contributed by atoms with Crippen LogP contribution in [0.2, 0.25) is 0 Å². The number of hydrogen-bond donors (Lipinski definition) is 1. The monoisotopic (exact) mass is 455 g/mol. The van der Waals surface area contributed by atoms with Gasteiger partial charge in [0.15, 0.2) is 11.5 Å². The highest BCUT2D eigenvalue weighted by Crippen LogP contribution is 2.37. The number of imide groups is 1. The Balaban J connectivity index is 1.96. The maximum absolute atomic E-state index is 13.2. The van der Waals surface area contributed by atoms with Crippen molar-refractivity contribution in [2.45, 2.75) is 51.7 Å². The fourth-order valence-corrected chi connectivity index (χ4v) is 4.17. The molecule has 0 saturated carbocycles. The summed E-state index contributed by atoms with van der Waals surface area (Å²) < 4.78 is 11.0. The Morgan fingerprint density at radius 3 is 2.39 bits per heavy atom. The predicted molar refractivity (Wildman–Crippen MR) is 123 cm³/mol. The van der Waals surface area contributed by atoms with Crippen molar-refractivity contribution in [3.8, 4) is 11.5 Å². The number of nitrogens with one attached hydrogen (secondary N) is 1. The number of methoxy groups -OCH3 is 2. The first-order valence-electron chi connectivity index (χ1n) is 11.0. The number of carbonyl (C=O) groups excluding carboxylic acids is 2. The lowest BCUT2D eigenvalue weighted by molar-refractivity contribution is -0.384. The van der Waals surface area contributed by atoms with Gasteiger partial charge in [0, 0.05) is 23.7 Å². The summed E-state index contributed by atoms with van der Waals surface area (Å²) in [6.45, 7) is 4.03. The molecule has 1 aliphatic rings. The van der Waals surface area contributed by atoms with Gasteiger partial charge in [0.2, 0.25) is 0 Å². The lowest BCUT2D eigenvalue weighted by atomic mass is 10.0. The SMILES string of the molecule is CCCCC(NC(CC)c1cccc(OC)c1OC)N1C(=O)c2ccc([N+](=O)[O-])cc2C1=O. The van der Waals surface area contributed by atoms with E-state index in [-0.39, 0.29) is 22.9 Å². The molecule has 2 atom stereocenters. The summed E-state index contributed by atoms with van der Waals surface area (Å²) in [5.74, 6) is 0.200. The van der Waals surface area contributed by atoms with Crippen LogP contribution in [0.3, 0.4) is 0 Å². The van der Waals surface area contributed by atoms with Gasteiger partial charge in [-0.2, -0.15) is 0 Å². The maximum Gasteiger partial charge on any atom is 0.270 e. The molecule has 0 aliphatic carbocycles. The second-order valence-electron chi connectivity index (χ2n) is 7.84. The standard InChI is InChI=1S/C24H29N3O6/c1-5-7-11-21(25-19(6-2)17-9-8-10-20(32-3)22(17)33-4)26-23(28)16-13-12-15(27(30)31)14-18(16)24(26)29/h8-10,12-14,19,21,25H,5-7,11H2,1-4H3. The number of ether oxygens (including phenoxy) is 2. The zero-order valence-electron chi connectivity index (χ0n) is 19.3. The molecule has 176 valence electrons. The van der Waals surface area contributed by atoms with Crippen LogP contribution >= 0.6 is 0 Å². The van der Waals surface area contributed by atoms with E-state index in [2.05, 4.69) is 5.32 Å². The average Bonchev–Trinajstić information content (AvgIpc) is 3.08. The molecule has 2 unspecified atom stereocenters. The van der Waals surface area contributed by atoms with Crippen LogP contribution in [-0.4, -0.2) is 42.0 Å². The molecule has 0 spiro atoms. The topological polar surface area (TPSA) is 111 Å². The van der Waals surface area contributed by atoms with Gasteiger partial charge in [-0.25, -0.2) is 0 Å². The summed E-state index contributed by atoms with van der Waals surface area (Å²) in [4.78, 5) is 38.2. The minimum Gasteiger partial charge on any atom is -0.493 e. The number of amides is 2. The minimum absolute atomic E-state index is 0.0597. The van der Waals surface area contributed by atoms with E-state index in [1.165, 1.54) is 23.1 Å². The lowest BCUT2D eigenvalue weighted by Crippen LogP contribution is -2.49. The third kappa shape index (κ3) is 4.68. The highest BCUT2D eigenvalue weighted by atomic mass is 16.6. The predicted octanol–water partition coefficient (Wildman–Crippen LogP) is 4.47. The van der Waals surface area contributed by atoms with Gasteiger partial charge in [0.1, 0.15) is 0 Å². The number of nitro groups is 1. The van der Waals surface area contributed by atoms with Gasteiger partial charge in [-0.05, 0) is 25.0 Å². The van der Waals surface area contributed by atoms with Gasteiger partial charge in [0.05, 0.1) is 36.4 Å². The number of fused-ring (bicyclic) bond motifs is 1. The Morgan fingerprint density at radius 1 is 1.06 bits per heavy atom. The van der Waals surface area contributed by atoms with Crippen LogP contribution in [0, 0.1) is 10.1 Å². The van der Waals surface area contributed by atoms with Crippen molar-refractivity contribution in [1.29, 1.82) is 0 Å². The van der Waals surface area contributed by atoms with Crippen molar-refractivity contribution in [2.24, 2.45) is 0 Å². The molecule has 1 aliphatic heterocycles. The van der Waals surface area contributed by atoms with Crippen molar-refractivity contribution in [1.82, 2.24) is 10.2 Å². The van der Waals surface area contributed by atoms with Crippen LogP contribution in [0.5, 0.6) is 11.5 Å². The Hall–Kier alpha value is -3.46. The summed E-state index contributed by atoms with van der Waals surface area (Å²) >= 11 is 0. The third-order valence-electron chi connectivity index (χ3n) is 5.87. The molecule has 2 aromatic rings. The molecule has 0 saturated heterocycles. The van der Waals surface area contributed by atoms with Crippen molar-refractivity contribution in [3.63, 3.8) is 0 Å². The summed E-state index contributed by atoms with van der Waals surface area (Å²) in [6, 6.07) is 9.14. The number of non-ortho nitro benzene ring substituents is 1. The number of unbranched alkanes of at least 4 members (excludes halogenated alkanes) is 1. The molecule has 0 radical (unpaired) electrons. The first-order chi connectivity index (χ1) is 15.9. The summed E-state index contributed by atoms with van der Waals surface area (Å²) in [7, 11) is 3.14. The maximum atomic E-state index is 13.2. The average molecular weight is 456 g/mol. The van der Waals surface area contributed by atoms with Crippen LogP contribution in [0.4, 0.5) is 5.69 Å². The van der Waals surface area contributed by atoms with E-state index >= 15 is 0 Å². The summed E-state index contributed by atoms with van der Waals surface area (Å²) in [5, 5.41) is 14.6. The van der Waals surface area contributed by atoms with Crippen molar-refractivity contribution < 1.29 is 24.0 Å². The molecule has 3 rings (SSSR count). The first-order valence-corrected chi connectivity index (χ1v) is 11.0. The van der Waals surface area contributed by atoms with Gasteiger partial charge in [-0.3, -0.25) is 29.9 Å². The Labute approximate surface area is 192 Å². The Kier molecular flexibility index (Phi) is 7.65. The quantitative estimate of drug-likeness (QED) is 0.302. The molecule has 2 aromatic carbocycles. The van der Waals surface area contributed by atoms with Crippen LogP contribution in [0.25, 0.3) is 0 Å². The molecule has 33 heavy (non-hydrogen) atoms. The molecule has 0 fully saturated rings. The van der Waals surface area contributed by atoms with Gasteiger partial charge < -0.3 is 9.47 Å². The molecule has 2 amide bonds. The normalized spacial score (nSPS) is 14.7. The van der Waals surface area contributed by atoms with Gasteiger partial charge in [-0.1, -0.05) is 38.8 Å². The van der Waals surface area contributed by atoms with E-state index < -0.39 is 22.9 Å². The zero-order chi connectivity index (χ0) is 24.1. The van der Waals surface area contributed by atoms with Crippen molar-refractivity contribution in [2.75, 3.05) is 14.2 Å². The number of hydrogen-bond acceptors (Lipinski definition) is 7. The number of nitro benzene ring substituents is 1. The Bertz CT molecular complexity index is 1050. The van der Waals surface area contributed by atoms with Crippen LogP contribution in [0.1, 0.15) is 71.9 Å². The number of benzene rings is 2. The van der Waals surface area contributed by atoms with Crippen molar-refractivity contribution >= 4 is 17.5 Å². The highest BCUT2D eigenvalue weighted by Gasteiger charge is 2.41. The Morgan fingerprint density at radius 2 is 1.79 bits per heavy atom. The second kappa shape index (κ2) is 10.4. The van der Waals surface area contributed by atoms with Gasteiger partial charge >= 0.3 is 0 Å². The van der Waals surface area contributed by atoms with Crippen molar-refractivity contribution in [3.05, 3.63) is 63.2 Å².